The number of nitrogens with zero attached hydrogens (tertiary/aromatic N) is 1. The zero-order valence-corrected chi connectivity index (χ0v) is 25.7. The van der Waals surface area contributed by atoms with Crippen LogP contribution in [0.2, 0.25) is 0 Å². The number of methoxy groups -OCH3 is 1. The van der Waals surface area contributed by atoms with Crippen LogP contribution in [-0.2, 0) is 17.8 Å². The van der Waals surface area contributed by atoms with Crippen molar-refractivity contribution in [1.29, 1.82) is 0 Å². The zero-order valence-electron chi connectivity index (χ0n) is 25.7. The standard InChI is InChI=1S/C34H42F2N2O6/c1-5-10-38(11-6-2)34(42)26-13-22(3)12-25(18-26)33(41)37-30(17-24-14-27(35)19-28(36)15-24)32(40)31(39)21-44-20-23-8-7-9-29(16-23)43-4/h7-9,12-16,18-19,30-32,39-40H,5-6,10-11,17,20-21H2,1-4H3,(H,37,41)/t30-,31+,32?/m0/s1. The second kappa shape index (κ2) is 16.8. The molecule has 1 unspecified atom stereocenters. The number of hydrogen-bond acceptors (Lipinski definition) is 6. The van der Waals surface area contributed by atoms with Crippen molar-refractivity contribution in [3.05, 3.63) is 100 Å². The molecule has 3 rings (SSSR count). The molecule has 0 bridgehead atoms. The fourth-order valence-corrected chi connectivity index (χ4v) is 4.99. The number of carbonyl (C=O) groups is 2. The maximum atomic E-state index is 14.0. The number of ether oxygens (including phenoxy) is 2. The minimum Gasteiger partial charge on any atom is -0.497 e. The lowest BCUT2D eigenvalue weighted by Gasteiger charge is -2.28. The number of carbonyl (C=O) groups excluding carboxylic acids is 2. The van der Waals surface area contributed by atoms with Crippen LogP contribution in [0.15, 0.2) is 60.7 Å². The number of halogens is 2. The Hall–Kier alpha value is -3.86. The van der Waals surface area contributed by atoms with Gasteiger partial charge in [-0.1, -0.05) is 26.0 Å². The Morgan fingerprint density at radius 1 is 0.909 bits per heavy atom. The van der Waals surface area contributed by atoms with E-state index in [0.717, 1.165) is 36.6 Å². The molecule has 0 aromatic heterocycles. The van der Waals surface area contributed by atoms with E-state index in [1.54, 1.807) is 49.3 Å². The summed E-state index contributed by atoms with van der Waals surface area (Å²) in [7, 11) is 1.54. The van der Waals surface area contributed by atoms with Crippen molar-refractivity contribution >= 4 is 11.8 Å². The average molecular weight is 613 g/mol. The summed E-state index contributed by atoms with van der Waals surface area (Å²) < 4.78 is 38.8. The van der Waals surface area contributed by atoms with Gasteiger partial charge >= 0.3 is 0 Å². The van der Waals surface area contributed by atoms with Crippen molar-refractivity contribution in [2.45, 2.75) is 64.9 Å². The third kappa shape index (κ3) is 10.1. The van der Waals surface area contributed by atoms with Gasteiger partial charge in [0.05, 0.1) is 26.4 Å². The van der Waals surface area contributed by atoms with E-state index in [1.807, 2.05) is 19.9 Å². The van der Waals surface area contributed by atoms with Crippen LogP contribution >= 0.6 is 0 Å². The van der Waals surface area contributed by atoms with Crippen LogP contribution in [0.4, 0.5) is 8.78 Å². The normalized spacial score (nSPS) is 13.2. The lowest BCUT2D eigenvalue weighted by Crippen LogP contribution is -2.51. The molecule has 3 aromatic carbocycles. The number of amides is 2. The molecule has 0 radical (unpaired) electrons. The first-order valence-corrected chi connectivity index (χ1v) is 14.8. The van der Waals surface area contributed by atoms with Gasteiger partial charge in [0.25, 0.3) is 11.8 Å². The molecule has 0 saturated carbocycles. The van der Waals surface area contributed by atoms with Crippen molar-refractivity contribution in [3.8, 4) is 5.75 Å². The van der Waals surface area contributed by atoms with Gasteiger partial charge in [0.15, 0.2) is 0 Å². The van der Waals surface area contributed by atoms with Gasteiger partial charge in [-0.15, -0.1) is 0 Å². The number of nitrogens with one attached hydrogen (secondary N) is 1. The Morgan fingerprint density at radius 2 is 1.57 bits per heavy atom. The molecule has 3 atom stereocenters. The molecule has 3 N–H and O–H groups in total. The van der Waals surface area contributed by atoms with Crippen LogP contribution in [0.5, 0.6) is 5.75 Å². The monoisotopic (exact) mass is 612 g/mol. The largest absolute Gasteiger partial charge is 0.497 e. The fraction of sp³-hybridized carbons (Fsp3) is 0.412. The van der Waals surface area contributed by atoms with Crippen molar-refractivity contribution in [2.75, 3.05) is 26.8 Å². The predicted octanol–water partition coefficient (Wildman–Crippen LogP) is 4.82. The van der Waals surface area contributed by atoms with E-state index in [2.05, 4.69) is 5.32 Å². The van der Waals surface area contributed by atoms with Crippen molar-refractivity contribution < 1.29 is 38.1 Å². The molecule has 0 heterocycles. The minimum absolute atomic E-state index is 0.125. The first kappa shape index (κ1) is 34.6. The maximum absolute atomic E-state index is 14.0. The molecule has 0 saturated heterocycles. The highest BCUT2D eigenvalue weighted by Gasteiger charge is 2.29. The van der Waals surface area contributed by atoms with E-state index < -0.39 is 35.8 Å². The Kier molecular flexibility index (Phi) is 13.3. The number of rotatable bonds is 16. The number of benzene rings is 3. The Bertz CT molecular complexity index is 1380. The Balaban J connectivity index is 1.81. The molecule has 10 heteroatoms. The van der Waals surface area contributed by atoms with Crippen LogP contribution in [-0.4, -0.2) is 72.0 Å². The van der Waals surface area contributed by atoms with Gasteiger partial charge in [0, 0.05) is 30.3 Å². The predicted molar refractivity (Wildman–Crippen MR) is 164 cm³/mol. The van der Waals surface area contributed by atoms with Gasteiger partial charge in [-0.05, 0) is 85.3 Å². The third-order valence-electron chi connectivity index (χ3n) is 7.05. The summed E-state index contributed by atoms with van der Waals surface area (Å²) in [5.74, 6) is -1.80. The molecule has 0 aliphatic heterocycles. The molecule has 2 amide bonds. The molecular weight excluding hydrogens is 570 g/mol. The molecular formula is C34H42F2N2O6. The van der Waals surface area contributed by atoms with Gasteiger partial charge in [0.2, 0.25) is 0 Å². The summed E-state index contributed by atoms with van der Waals surface area (Å²) in [6.07, 6.45) is -1.62. The summed E-state index contributed by atoms with van der Waals surface area (Å²) in [6.45, 7) is 6.74. The lowest BCUT2D eigenvalue weighted by molar-refractivity contribution is -0.0544. The number of aliphatic hydroxyl groups is 2. The second-order valence-corrected chi connectivity index (χ2v) is 10.9. The van der Waals surface area contributed by atoms with E-state index >= 15 is 0 Å². The highest BCUT2D eigenvalue weighted by molar-refractivity contribution is 6.00. The molecule has 3 aromatic rings. The first-order chi connectivity index (χ1) is 21.0. The van der Waals surface area contributed by atoms with Crippen LogP contribution in [0.1, 0.15) is 64.1 Å². The Labute approximate surface area is 257 Å². The van der Waals surface area contributed by atoms with Crippen LogP contribution < -0.4 is 10.1 Å². The molecule has 238 valence electrons. The lowest BCUT2D eigenvalue weighted by atomic mass is 9.96. The topological polar surface area (TPSA) is 108 Å². The molecule has 44 heavy (non-hydrogen) atoms. The van der Waals surface area contributed by atoms with E-state index in [9.17, 15) is 28.6 Å². The highest BCUT2D eigenvalue weighted by Crippen LogP contribution is 2.18. The summed E-state index contributed by atoms with van der Waals surface area (Å²) in [5, 5.41) is 24.6. The van der Waals surface area contributed by atoms with Gasteiger partial charge in [-0.2, -0.15) is 0 Å². The Morgan fingerprint density at radius 3 is 2.20 bits per heavy atom. The molecule has 0 aliphatic rings. The molecule has 0 aliphatic carbocycles. The zero-order chi connectivity index (χ0) is 32.2. The van der Waals surface area contributed by atoms with E-state index in [-0.39, 0.29) is 36.7 Å². The van der Waals surface area contributed by atoms with Crippen molar-refractivity contribution in [1.82, 2.24) is 10.2 Å². The maximum Gasteiger partial charge on any atom is 0.253 e. The third-order valence-corrected chi connectivity index (χ3v) is 7.05. The van der Waals surface area contributed by atoms with Gasteiger partial charge < -0.3 is 29.9 Å². The van der Waals surface area contributed by atoms with E-state index in [4.69, 9.17) is 9.47 Å². The van der Waals surface area contributed by atoms with E-state index in [1.165, 1.54) is 6.07 Å². The second-order valence-electron chi connectivity index (χ2n) is 10.9. The fourth-order valence-electron chi connectivity index (χ4n) is 4.99. The van der Waals surface area contributed by atoms with Crippen LogP contribution in [0.25, 0.3) is 0 Å². The van der Waals surface area contributed by atoms with Crippen LogP contribution in [0, 0.1) is 18.6 Å². The summed E-state index contributed by atoms with van der Waals surface area (Å²) in [6, 6.07) is 13.7. The summed E-state index contributed by atoms with van der Waals surface area (Å²) in [5.41, 5.74) is 2.17. The van der Waals surface area contributed by atoms with Gasteiger partial charge in [0.1, 0.15) is 29.6 Å². The minimum atomic E-state index is -1.56. The van der Waals surface area contributed by atoms with Crippen molar-refractivity contribution in [3.63, 3.8) is 0 Å². The van der Waals surface area contributed by atoms with Gasteiger partial charge in [-0.25, -0.2) is 8.78 Å². The molecule has 0 fully saturated rings. The van der Waals surface area contributed by atoms with Gasteiger partial charge in [-0.3, -0.25) is 9.59 Å². The average Bonchev–Trinajstić information content (AvgIpc) is 2.99. The van der Waals surface area contributed by atoms with Crippen molar-refractivity contribution in [2.24, 2.45) is 0 Å². The SMILES string of the molecule is CCCN(CCC)C(=O)c1cc(C)cc(C(=O)N[C@@H](Cc2cc(F)cc(F)c2)C(O)[C@H](O)COCc2cccc(OC)c2)c1. The smallest absolute Gasteiger partial charge is 0.253 e. The number of hydrogen-bond donors (Lipinski definition) is 3. The van der Waals surface area contributed by atoms with Crippen LogP contribution in [0.3, 0.4) is 0 Å². The van der Waals surface area contributed by atoms with E-state index in [0.29, 0.717) is 30.0 Å². The highest BCUT2D eigenvalue weighted by atomic mass is 19.1. The number of aliphatic hydroxyl groups excluding tert-OH is 2. The number of aryl methyl sites for hydroxylation is 1. The first-order valence-electron chi connectivity index (χ1n) is 14.8. The molecule has 8 nitrogen and oxygen atoms in total. The quantitative estimate of drug-likeness (QED) is 0.214. The summed E-state index contributed by atoms with van der Waals surface area (Å²) in [4.78, 5) is 28.5. The summed E-state index contributed by atoms with van der Waals surface area (Å²) >= 11 is 0. The molecule has 0 spiro atoms.